The summed E-state index contributed by atoms with van der Waals surface area (Å²) in [6.07, 6.45) is 2.74. The molecule has 4 rings (SSSR count). The summed E-state index contributed by atoms with van der Waals surface area (Å²) in [5.41, 5.74) is 2.13. The summed E-state index contributed by atoms with van der Waals surface area (Å²) in [6, 6.07) is 9.86. The molecule has 0 amide bonds. The number of nitrogens with one attached hydrogen (secondary N) is 1. The molecule has 1 aromatic carbocycles. The van der Waals surface area contributed by atoms with E-state index in [-0.39, 0.29) is 11.1 Å². The normalized spacial score (nSPS) is 13.8. The summed E-state index contributed by atoms with van der Waals surface area (Å²) in [4.78, 5) is 20.4. The first-order valence-electron chi connectivity index (χ1n) is 7.04. The summed E-state index contributed by atoms with van der Waals surface area (Å²) >= 11 is 1.57. The van der Waals surface area contributed by atoms with Crippen molar-refractivity contribution < 1.29 is 0 Å². The highest BCUT2D eigenvalue weighted by Crippen LogP contribution is 2.31. The number of aromatic nitrogens is 3. The van der Waals surface area contributed by atoms with Gasteiger partial charge in [0.05, 0.1) is 5.69 Å². The number of rotatable bonds is 1. The number of thioether (sulfide) groups is 1. The lowest BCUT2D eigenvalue weighted by Gasteiger charge is -2.17. The summed E-state index contributed by atoms with van der Waals surface area (Å²) in [5.74, 6) is 0.950. The lowest BCUT2D eigenvalue weighted by molar-refractivity contribution is 0.562. The van der Waals surface area contributed by atoms with Crippen LogP contribution in [0.4, 0.5) is 0 Å². The van der Waals surface area contributed by atoms with Gasteiger partial charge in [-0.2, -0.15) is 5.26 Å². The molecule has 1 aliphatic heterocycles. The predicted molar refractivity (Wildman–Crippen MR) is 85.8 cm³/mol. The SMILES string of the molecule is N#Cc1c(-c2c[nH]c3ccccc23)nc2n(c1=O)CCCS2. The van der Waals surface area contributed by atoms with Gasteiger partial charge in [-0.15, -0.1) is 0 Å². The van der Waals surface area contributed by atoms with E-state index in [0.717, 1.165) is 28.6 Å². The second-order valence-corrected chi connectivity index (χ2v) is 6.20. The van der Waals surface area contributed by atoms with Crippen LogP contribution < -0.4 is 5.56 Å². The van der Waals surface area contributed by atoms with E-state index >= 15 is 0 Å². The number of nitriles is 1. The molecule has 108 valence electrons. The van der Waals surface area contributed by atoms with Gasteiger partial charge in [0.2, 0.25) is 0 Å². The Morgan fingerprint density at radius 1 is 1.36 bits per heavy atom. The minimum Gasteiger partial charge on any atom is -0.360 e. The molecule has 0 unspecified atom stereocenters. The first-order chi connectivity index (χ1) is 10.8. The molecule has 3 aromatic rings. The lowest BCUT2D eigenvalue weighted by atomic mass is 10.1. The van der Waals surface area contributed by atoms with Gasteiger partial charge in [-0.1, -0.05) is 30.0 Å². The molecular weight excluding hydrogens is 296 g/mol. The molecule has 0 radical (unpaired) electrons. The molecule has 5 nitrogen and oxygen atoms in total. The zero-order valence-electron chi connectivity index (χ0n) is 11.7. The standard InChI is InChI=1S/C16H12N4OS/c17-8-11-14(12-9-18-13-5-2-1-4-10(12)13)19-16-20(15(11)21)6-3-7-22-16/h1-2,4-5,9,18H,3,6-7H2. The molecule has 1 aliphatic rings. The number of hydrogen-bond acceptors (Lipinski definition) is 4. The van der Waals surface area contributed by atoms with E-state index in [1.54, 1.807) is 16.3 Å². The van der Waals surface area contributed by atoms with Crippen LogP contribution in [0.1, 0.15) is 12.0 Å². The van der Waals surface area contributed by atoms with Crippen molar-refractivity contribution in [2.45, 2.75) is 18.1 Å². The molecule has 0 bridgehead atoms. The minimum atomic E-state index is -0.236. The Bertz CT molecular complexity index is 980. The van der Waals surface area contributed by atoms with Crippen molar-refractivity contribution in [1.82, 2.24) is 14.5 Å². The lowest BCUT2D eigenvalue weighted by Crippen LogP contribution is -2.28. The maximum absolute atomic E-state index is 12.6. The minimum absolute atomic E-state index is 0.121. The third-order valence-electron chi connectivity index (χ3n) is 3.85. The van der Waals surface area contributed by atoms with Crippen LogP contribution in [-0.4, -0.2) is 20.3 Å². The van der Waals surface area contributed by atoms with Crippen LogP contribution in [0.5, 0.6) is 0 Å². The van der Waals surface area contributed by atoms with Gasteiger partial charge < -0.3 is 4.98 Å². The van der Waals surface area contributed by atoms with Crippen molar-refractivity contribution in [1.29, 1.82) is 5.26 Å². The van der Waals surface area contributed by atoms with E-state index in [1.807, 2.05) is 36.5 Å². The Morgan fingerprint density at radius 2 is 2.23 bits per heavy atom. The fourth-order valence-electron chi connectivity index (χ4n) is 2.79. The molecule has 0 saturated carbocycles. The van der Waals surface area contributed by atoms with Crippen molar-refractivity contribution in [3.63, 3.8) is 0 Å². The monoisotopic (exact) mass is 308 g/mol. The molecule has 22 heavy (non-hydrogen) atoms. The smallest absolute Gasteiger partial charge is 0.272 e. The molecule has 0 aliphatic carbocycles. The van der Waals surface area contributed by atoms with Gasteiger partial charge in [0.1, 0.15) is 11.6 Å². The van der Waals surface area contributed by atoms with E-state index in [9.17, 15) is 10.1 Å². The Labute approximate surface area is 130 Å². The van der Waals surface area contributed by atoms with Crippen LogP contribution in [0.3, 0.4) is 0 Å². The van der Waals surface area contributed by atoms with Crippen molar-refractivity contribution in [3.8, 4) is 17.3 Å². The van der Waals surface area contributed by atoms with Crippen LogP contribution in [-0.2, 0) is 6.54 Å². The van der Waals surface area contributed by atoms with E-state index < -0.39 is 0 Å². The molecule has 0 atom stereocenters. The van der Waals surface area contributed by atoms with Crippen molar-refractivity contribution in [2.75, 3.05) is 5.75 Å². The number of hydrogen-bond donors (Lipinski definition) is 1. The Kier molecular flexibility index (Phi) is 3.01. The summed E-state index contributed by atoms with van der Waals surface area (Å²) < 4.78 is 1.62. The maximum atomic E-state index is 12.6. The highest BCUT2D eigenvalue weighted by atomic mass is 32.2. The Balaban J connectivity index is 2.05. The Morgan fingerprint density at radius 3 is 3.09 bits per heavy atom. The molecule has 0 fully saturated rings. The average Bonchev–Trinajstić information content (AvgIpc) is 2.99. The van der Waals surface area contributed by atoms with Crippen LogP contribution in [0.2, 0.25) is 0 Å². The van der Waals surface area contributed by atoms with Crippen LogP contribution in [0.25, 0.3) is 22.2 Å². The van der Waals surface area contributed by atoms with Crippen LogP contribution >= 0.6 is 11.8 Å². The Hall–Kier alpha value is -2.52. The number of aromatic amines is 1. The summed E-state index contributed by atoms with van der Waals surface area (Å²) in [5, 5.41) is 11.1. The number of benzene rings is 1. The molecule has 0 saturated heterocycles. The quantitative estimate of drug-likeness (QED) is 0.701. The topological polar surface area (TPSA) is 74.5 Å². The fourth-order valence-corrected chi connectivity index (χ4v) is 3.73. The van der Waals surface area contributed by atoms with Gasteiger partial charge in [-0.05, 0) is 12.5 Å². The first-order valence-corrected chi connectivity index (χ1v) is 8.02. The van der Waals surface area contributed by atoms with Crippen molar-refractivity contribution in [2.24, 2.45) is 0 Å². The van der Waals surface area contributed by atoms with E-state index in [0.29, 0.717) is 17.4 Å². The predicted octanol–water partition coefficient (Wildman–Crippen LogP) is 2.76. The van der Waals surface area contributed by atoms with Gasteiger partial charge >= 0.3 is 0 Å². The largest absolute Gasteiger partial charge is 0.360 e. The molecule has 2 aromatic heterocycles. The number of para-hydroxylation sites is 1. The van der Waals surface area contributed by atoms with E-state index in [2.05, 4.69) is 9.97 Å². The van der Waals surface area contributed by atoms with Crippen LogP contribution in [0, 0.1) is 11.3 Å². The fraction of sp³-hybridized carbons (Fsp3) is 0.188. The summed E-state index contributed by atoms with van der Waals surface area (Å²) in [7, 11) is 0. The second-order valence-electron chi connectivity index (χ2n) is 5.14. The zero-order chi connectivity index (χ0) is 15.1. The van der Waals surface area contributed by atoms with Gasteiger partial charge in [0.15, 0.2) is 5.16 Å². The van der Waals surface area contributed by atoms with Gasteiger partial charge in [0, 0.05) is 35.0 Å². The number of H-pyrrole nitrogens is 1. The molecular formula is C16H12N4OS. The van der Waals surface area contributed by atoms with E-state index in [4.69, 9.17) is 0 Å². The number of nitrogens with zero attached hydrogens (tertiary/aromatic N) is 3. The molecule has 1 N–H and O–H groups in total. The van der Waals surface area contributed by atoms with Crippen molar-refractivity contribution in [3.05, 3.63) is 46.4 Å². The van der Waals surface area contributed by atoms with Crippen LogP contribution in [0.15, 0.2) is 40.4 Å². The average molecular weight is 308 g/mol. The molecule has 3 heterocycles. The van der Waals surface area contributed by atoms with Gasteiger partial charge in [-0.3, -0.25) is 9.36 Å². The van der Waals surface area contributed by atoms with E-state index in [1.165, 1.54) is 0 Å². The third kappa shape index (κ3) is 1.86. The van der Waals surface area contributed by atoms with Crippen molar-refractivity contribution >= 4 is 22.7 Å². The molecule has 0 spiro atoms. The first kappa shape index (κ1) is 13.2. The third-order valence-corrected chi connectivity index (χ3v) is 4.91. The zero-order valence-corrected chi connectivity index (χ0v) is 12.5. The highest BCUT2D eigenvalue weighted by molar-refractivity contribution is 7.99. The molecule has 6 heteroatoms. The van der Waals surface area contributed by atoms with Gasteiger partial charge in [0.25, 0.3) is 5.56 Å². The highest BCUT2D eigenvalue weighted by Gasteiger charge is 2.21. The second kappa shape index (κ2) is 5.04. The maximum Gasteiger partial charge on any atom is 0.272 e. The number of fused-ring (bicyclic) bond motifs is 2. The summed E-state index contributed by atoms with van der Waals surface area (Å²) in [6.45, 7) is 0.636. The van der Waals surface area contributed by atoms with Gasteiger partial charge in [-0.25, -0.2) is 4.98 Å².